The zero-order valence-corrected chi connectivity index (χ0v) is 8.85. The summed E-state index contributed by atoms with van der Waals surface area (Å²) in [6.45, 7) is 3.91. The molecule has 3 nitrogen and oxygen atoms in total. The normalized spacial score (nSPS) is 22.7. The van der Waals surface area contributed by atoms with E-state index in [0.717, 1.165) is 5.69 Å². The van der Waals surface area contributed by atoms with Crippen LogP contribution in [-0.4, -0.2) is 21.9 Å². The number of rotatable bonds is 3. The Morgan fingerprint density at radius 2 is 2.13 bits per heavy atom. The smallest absolute Gasteiger partial charge is 0.252 e. The van der Waals surface area contributed by atoms with Crippen LogP contribution in [-0.2, 0) is 5.54 Å². The minimum Gasteiger partial charge on any atom is -0.347 e. The van der Waals surface area contributed by atoms with Crippen LogP contribution in [0.15, 0.2) is 12.5 Å². The van der Waals surface area contributed by atoms with Gasteiger partial charge in [0.15, 0.2) is 0 Å². The van der Waals surface area contributed by atoms with Gasteiger partial charge >= 0.3 is 0 Å². The molecule has 0 unspecified atom stereocenters. The Bertz CT molecular complexity index is 319. The summed E-state index contributed by atoms with van der Waals surface area (Å²) in [4.78, 5) is 6.80. The van der Waals surface area contributed by atoms with Gasteiger partial charge in [0.25, 0.3) is 5.92 Å². The molecule has 0 aliphatic heterocycles. The van der Waals surface area contributed by atoms with Gasteiger partial charge in [-0.1, -0.05) is 0 Å². The van der Waals surface area contributed by atoms with Crippen molar-refractivity contribution in [3.63, 3.8) is 0 Å². The first-order chi connectivity index (χ1) is 6.94. The van der Waals surface area contributed by atoms with Crippen LogP contribution in [0.3, 0.4) is 0 Å². The van der Waals surface area contributed by atoms with Crippen molar-refractivity contribution in [3.05, 3.63) is 18.2 Å². The van der Waals surface area contributed by atoms with E-state index in [1.54, 1.807) is 6.20 Å². The van der Waals surface area contributed by atoms with E-state index in [1.165, 1.54) is 6.33 Å². The zero-order chi connectivity index (χ0) is 11.1. The van der Waals surface area contributed by atoms with Crippen molar-refractivity contribution < 1.29 is 8.78 Å². The van der Waals surface area contributed by atoms with Gasteiger partial charge in [0, 0.05) is 25.1 Å². The van der Waals surface area contributed by atoms with Crippen LogP contribution in [0, 0.1) is 0 Å². The van der Waals surface area contributed by atoms with Crippen molar-refractivity contribution in [2.24, 2.45) is 0 Å². The number of imidazole rings is 1. The third-order valence-corrected chi connectivity index (χ3v) is 2.70. The maximum Gasteiger partial charge on any atom is 0.252 e. The van der Waals surface area contributed by atoms with Crippen molar-refractivity contribution in [2.75, 3.05) is 0 Å². The lowest BCUT2D eigenvalue weighted by Crippen LogP contribution is -2.60. The molecule has 0 aromatic carbocycles. The van der Waals surface area contributed by atoms with Crippen LogP contribution >= 0.6 is 0 Å². The van der Waals surface area contributed by atoms with Crippen molar-refractivity contribution in [1.29, 1.82) is 0 Å². The SMILES string of the molecule is CC(C)NC1(c2cnc[nH]2)CC(F)(F)C1. The maximum atomic E-state index is 13.0. The standard InChI is InChI=1S/C10H15F2N3/c1-7(2)15-9(4-10(11,12)5-9)8-3-13-6-14-8/h3,6-7,15H,4-5H2,1-2H3,(H,13,14). The van der Waals surface area contributed by atoms with Crippen molar-refractivity contribution in [3.8, 4) is 0 Å². The van der Waals surface area contributed by atoms with Gasteiger partial charge in [0.2, 0.25) is 0 Å². The molecule has 1 fully saturated rings. The van der Waals surface area contributed by atoms with Gasteiger partial charge in [-0.2, -0.15) is 0 Å². The first kappa shape index (κ1) is 10.5. The highest BCUT2D eigenvalue weighted by atomic mass is 19.3. The van der Waals surface area contributed by atoms with E-state index >= 15 is 0 Å². The number of hydrogen-bond acceptors (Lipinski definition) is 2. The molecule has 1 heterocycles. The molecular weight excluding hydrogens is 200 g/mol. The van der Waals surface area contributed by atoms with Crippen LogP contribution in [0.1, 0.15) is 32.4 Å². The van der Waals surface area contributed by atoms with Gasteiger partial charge in [-0.3, -0.25) is 0 Å². The van der Waals surface area contributed by atoms with Gasteiger partial charge in [-0.15, -0.1) is 0 Å². The summed E-state index contributed by atoms with van der Waals surface area (Å²) in [5.41, 5.74) is 0.135. The summed E-state index contributed by atoms with van der Waals surface area (Å²) < 4.78 is 26.0. The van der Waals surface area contributed by atoms with E-state index in [-0.39, 0.29) is 18.9 Å². The number of nitrogens with one attached hydrogen (secondary N) is 2. The highest BCUT2D eigenvalue weighted by molar-refractivity contribution is 5.20. The molecule has 0 saturated heterocycles. The molecule has 1 aromatic heterocycles. The summed E-state index contributed by atoms with van der Waals surface area (Å²) >= 11 is 0. The lowest BCUT2D eigenvalue weighted by Gasteiger charge is -2.48. The zero-order valence-electron chi connectivity index (χ0n) is 8.85. The topological polar surface area (TPSA) is 40.7 Å². The summed E-state index contributed by atoms with van der Waals surface area (Å²) in [6, 6.07) is 0.171. The minimum atomic E-state index is -2.55. The first-order valence-electron chi connectivity index (χ1n) is 5.08. The molecule has 0 amide bonds. The lowest BCUT2D eigenvalue weighted by molar-refractivity contribution is -0.141. The maximum absolute atomic E-state index is 13.0. The third-order valence-electron chi connectivity index (χ3n) is 2.70. The molecule has 2 N–H and O–H groups in total. The molecule has 1 saturated carbocycles. The third kappa shape index (κ3) is 1.88. The van der Waals surface area contributed by atoms with Gasteiger partial charge in [-0.25, -0.2) is 13.8 Å². The van der Waals surface area contributed by atoms with Crippen LogP contribution in [0.2, 0.25) is 0 Å². The largest absolute Gasteiger partial charge is 0.347 e. The van der Waals surface area contributed by atoms with Gasteiger partial charge in [0.05, 0.1) is 17.6 Å². The second-order valence-electron chi connectivity index (χ2n) is 4.56. The Morgan fingerprint density at radius 3 is 2.53 bits per heavy atom. The van der Waals surface area contributed by atoms with Gasteiger partial charge < -0.3 is 10.3 Å². The Balaban J connectivity index is 2.19. The van der Waals surface area contributed by atoms with E-state index < -0.39 is 11.5 Å². The van der Waals surface area contributed by atoms with E-state index in [9.17, 15) is 8.78 Å². The average molecular weight is 215 g/mol. The number of nitrogens with zero attached hydrogens (tertiary/aromatic N) is 1. The number of aromatic nitrogens is 2. The van der Waals surface area contributed by atoms with Crippen LogP contribution in [0.5, 0.6) is 0 Å². The number of hydrogen-bond donors (Lipinski definition) is 2. The summed E-state index contributed by atoms with van der Waals surface area (Å²) in [5, 5.41) is 3.20. The second kappa shape index (κ2) is 3.27. The summed E-state index contributed by atoms with van der Waals surface area (Å²) in [7, 11) is 0. The number of alkyl halides is 2. The van der Waals surface area contributed by atoms with Crippen LogP contribution < -0.4 is 5.32 Å². The highest BCUT2D eigenvalue weighted by Gasteiger charge is 2.58. The molecular formula is C10H15F2N3. The predicted molar refractivity (Wildman–Crippen MR) is 52.7 cm³/mol. The molecule has 1 aliphatic rings. The van der Waals surface area contributed by atoms with Crippen molar-refractivity contribution >= 4 is 0 Å². The Kier molecular flexibility index (Phi) is 2.30. The molecule has 5 heteroatoms. The molecule has 1 aliphatic carbocycles. The fourth-order valence-corrected chi connectivity index (χ4v) is 2.27. The van der Waals surface area contributed by atoms with E-state index in [4.69, 9.17) is 0 Å². The fourth-order valence-electron chi connectivity index (χ4n) is 2.27. The summed E-state index contributed by atoms with van der Waals surface area (Å²) in [5.74, 6) is -2.55. The van der Waals surface area contributed by atoms with Crippen LogP contribution in [0.25, 0.3) is 0 Å². The molecule has 84 valence electrons. The second-order valence-corrected chi connectivity index (χ2v) is 4.56. The quantitative estimate of drug-likeness (QED) is 0.810. The number of halogens is 2. The number of aromatic amines is 1. The van der Waals surface area contributed by atoms with E-state index in [1.807, 2.05) is 13.8 Å². The lowest BCUT2D eigenvalue weighted by atomic mass is 9.71. The van der Waals surface area contributed by atoms with Crippen LogP contribution in [0.4, 0.5) is 8.78 Å². The fraction of sp³-hybridized carbons (Fsp3) is 0.700. The predicted octanol–water partition coefficient (Wildman–Crippen LogP) is 2.03. The van der Waals surface area contributed by atoms with E-state index in [0.29, 0.717) is 0 Å². The summed E-state index contributed by atoms with van der Waals surface area (Å²) in [6.07, 6.45) is 2.83. The molecule has 0 bridgehead atoms. The molecule has 0 atom stereocenters. The van der Waals surface area contributed by atoms with Gasteiger partial charge in [0.1, 0.15) is 0 Å². The molecule has 0 radical (unpaired) electrons. The Morgan fingerprint density at radius 1 is 1.47 bits per heavy atom. The average Bonchev–Trinajstić information content (AvgIpc) is 2.49. The highest BCUT2D eigenvalue weighted by Crippen LogP contribution is 2.51. The number of H-pyrrole nitrogens is 1. The van der Waals surface area contributed by atoms with Crippen molar-refractivity contribution in [2.45, 2.75) is 44.2 Å². The first-order valence-corrected chi connectivity index (χ1v) is 5.08. The molecule has 0 spiro atoms. The minimum absolute atomic E-state index is 0.152. The molecule has 15 heavy (non-hydrogen) atoms. The molecule has 1 aromatic rings. The molecule has 2 rings (SSSR count). The van der Waals surface area contributed by atoms with Crippen molar-refractivity contribution in [1.82, 2.24) is 15.3 Å². The van der Waals surface area contributed by atoms with Gasteiger partial charge in [-0.05, 0) is 13.8 Å². The van der Waals surface area contributed by atoms with E-state index in [2.05, 4.69) is 15.3 Å². The Hall–Kier alpha value is -0.970. The Labute approximate surface area is 87.3 Å². The monoisotopic (exact) mass is 215 g/mol.